The quantitative estimate of drug-likeness (QED) is 0.201. The summed E-state index contributed by atoms with van der Waals surface area (Å²) in [6.07, 6.45) is 0. The molecule has 4 aromatic heterocycles. The van der Waals surface area contributed by atoms with Gasteiger partial charge >= 0.3 is 0 Å². The molecule has 0 fully saturated rings. The zero-order chi connectivity index (χ0) is 26.7. The lowest BCUT2D eigenvalue weighted by Crippen LogP contribution is -1.98. The highest BCUT2D eigenvalue weighted by Crippen LogP contribution is 2.41. The lowest BCUT2D eigenvalue weighted by atomic mass is 10.0. The number of rotatable bonds is 1. The molecular formula is C37H21N3O. The predicted octanol–water partition coefficient (Wildman–Crippen LogP) is 9.79. The first-order valence-electron chi connectivity index (χ1n) is 13.9. The Bertz CT molecular complexity index is 2700. The molecule has 0 radical (unpaired) electrons. The van der Waals surface area contributed by atoms with E-state index in [2.05, 4.69) is 124 Å². The summed E-state index contributed by atoms with van der Waals surface area (Å²) in [6, 6.07) is 45.2. The van der Waals surface area contributed by atoms with Crippen LogP contribution in [0.3, 0.4) is 0 Å². The molecule has 0 bridgehead atoms. The van der Waals surface area contributed by atoms with E-state index in [1.54, 1.807) is 0 Å². The number of fused-ring (bicyclic) bond motifs is 15. The molecule has 0 saturated heterocycles. The zero-order valence-electron chi connectivity index (χ0n) is 21.9. The van der Waals surface area contributed by atoms with Crippen LogP contribution < -0.4 is 0 Å². The van der Waals surface area contributed by atoms with Crippen LogP contribution in [-0.4, -0.2) is 14.0 Å². The monoisotopic (exact) mass is 523 g/mol. The third-order valence-electron chi connectivity index (χ3n) is 8.67. The number of hydrogen-bond acceptors (Lipinski definition) is 2. The van der Waals surface area contributed by atoms with Crippen LogP contribution in [0, 0.1) is 0 Å². The van der Waals surface area contributed by atoms with Gasteiger partial charge in [-0.15, -0.1) is 0 Å². The maximum atomic E-state index is 6.19. The second-order valence-electron chi connectivity index (χ2n) is 10.8. The van der Waals surface area contributed by atoms with Gasteiger partial charge in [0.05, 0.1) is 27.6 Å². The van der Waals surface area contributed by atoms with Crippen molar-refractivity contribution in [2.45, 2.75) is 0 Å². The van der Waals surface area contributed by atoms with E-state index < -0.39 is 0 Å². The van der Waals surface area contributed by atoms with Crippen molar-refractivity contribution in [3.63, 3.8) is 0 Å². The molecule has 41 heavy (non-hydrogen) atoms. The molecular weight excluding hydrogens is 502 g/mol. The first kappa shape index (κ1) is 21.2. The van der Waals surface area contributed by atoms with Gasteiger partial charge in [0.2, 0.25) is 0 Å². The third-order valence-corrected chi connectivity index (χ3v) is 8.67. The number of benzene rings is 6. The number of furan rings is 1. The van der Waals surface area contributed by atoms with Gasteiger partial charge in [-0.2, -0.15) is 0 Å². The number of imidazole rings is 1. The summed E-state index contributed by atoms with van der Waals surface area (Å²) in [4.78, 5) is 5.17. The maximum absolute atomic E-state index is 6.19. The highest BCUT2D eigenvalue weighted by Gasteiger charge is 2.21. The number of para-hydroxylation sites is 4. The van der Waals surface area contributed by atoms with Gasteiger partial charge in [-0.3, -0.25) is 4.40 Å². The number of hydrogen-bond donors (Lipinski definition) is 0. The summed E-state index contributed by atoms with van der Waals surface area (Å²) in [7, 11) is 0. The zero-order valence-corrected chi connectivity index (χ0v) is 21.9. The normalized spacial score (nSPS) is 12.4. The summed E-state index contributed by atoms with van der Waals surface area (Å²) < 4.78 is 11.0. The number of pyridine rings is 1. The van der Waals surface area contributed by atoms with Crippen molar-refractivity contribution in [2.24, 2.45) is 0 Å². The van der Waals surface area contributed by atoms with E-state index in [9.17, 15) is 0 Å². The fourth-order valence-electron chi connectivity index (χ4n) is 6.95. The minimum Gasteiger partial charge on any atom is -0.456 e. The lowest BCUT2D eigenvalue weighted by molar-refractivity contribution is 0.669. The van der Waals surface area contributed by atoms with E-state index in [4.69, 9.17) is 9.40 Å². The Morgan fingerprint density at radius 1 is 0.463 bits per heavy atom. The Morgan fingerprint density at radius 2 is 1.12 bits per heavy atom. The van der Waals surface area contributed by atoms with Crippen molar-refractivity contribution in [1.82, 2.24) is 14.0 Å². The van der Waals surface area contributed by atoms with Crippen LogP contribution in [0.5, 0.6) is 0 Å². The van der Waals surface area contributed by atoms with Crippen LogP contribution in [0.1, 0.15) is 0 Å². The SMILES string of the molecule is c1ccc2c(c1)nc1c3ccccc3c3ccc4c5ccccc5n(-c5ccc6oc7ccccc7c6c5)c4c3n21. The molecule has 0 N–H and O–H groups in total. The van der Waals surface area contributed by atoms with Crippen LogP contribution in [0.15, 0.2) is 132 Å². The second kappa shape index (κ2) is 7.52. The Labute approximate surface area is 233 Å². The lowest BCUT2D eigenvalue weighted by Gasteiger charge is -2.14. The molecule has 0 spiro atoms. The van der Waals surface area contributed by atoms with E-state index in [1.165, 1.54) is 38.1 Å². The van der Waals surface area contributed by atoms with Gasteiger partial charge in [0, 0.05) is 38.0 Å². The molecule has 10 aromatic rings. The van der Waals surface area contributed by atoms with E-state index in [-0.39, 0.29) is 0 Å². The Balaban J connectivity index is 1.49. The van der Waals surface area contributed by atoms with Crippen molar-refractivity contribution in [3.8, 4) is 5.69 Å². The smallest absolute Gasteiger partial charge is 0.146 e. The third kappa shape index (κ3) is 2.66. The first-order chi connectivity index (χ1) is 20.3. The van der Waals surface area contributed by atoms with Crippen molar-refractivity contribution in [3.05, 3.63) is 127 Å². The average molecular weight is 524 g/mol. The van der Waals surface area contributed by atoms with Gasteiger partial charge in [0.25, 0.3) is 0 Å². The minimum absolute atomic E-state index is 0.898. The summed E-state index contributed by atoms with van der Waals surface area (Å²) >= 11 is 0. The maximum Gasteiger partial charge on any atom is 0.146 e. The molecule has 190 valence electrons. The molecule has 4 heterocycles. The van der Waals surface area contributed by atoms with Crippen molar-refractivity contribution in [2.75, 3.05) is 0 Å². The molecule has 10 rings (SSSR count). The summed E-state index contributed by atoms with van der Waals surface area (Å²) in [6.45, 7) is 0. The molecule has 4 heteroatoms. The van der Waals surface area contributed by atoms with Gasteiger partial charge < -0.3 is 8.98 Å². The first-order valence-corrected chi connectivity index (χ1v) is 13.9. The molecule has 0 saturated carbocycles. The molecule has 0 aliphatic carbocycles. The van der Waals surface area contributed by atoms with Crippen LogP contribution in [0.25, 0.3) is 87.8 Å². The van der Waals surface area contributed by atoms with E-state index in [1.807, 2.05) is 12.1 Å². The van der Waals surface area contributed by atoms with E-state index in [0.717, 1.165) is 49.7 Å². The predicted molar refractivity (Wildman–Crippen MR) is 169 cm³/mol. The summed E-state index contributed by atoms with van der Waals surface area (Å²) in [5, 5.41) is 8.27. The number of nitrogens with zero attached hydrogens (tertiary/aromatic N) is 3. The Morgan fingerprint density at radius 3 is 2.00 bits per heavy atom. The van der Waals surface area contributed by atoms with Crippen LogP contribution in [-0.2, 0) is 0 Å². The Kier molecular flexibility index (Phi) is 3.90. The number of aromatic nitrogens is 3. The van der Waals surface area contributed by atoms with Gasteiger partial charge in [0.15, 0.2) is 0 Å². The molecule has 0 atom stereocenters. The molecule has 0 amide bonds. The van der Waals surface area contributed by atoms with Crippen LogP contribution >= 0.6 is 0 Å². The van der Waals surface area contributed by atoms with Gasteiger partial charge in [-0.25, -0.2) is 4.98 Å². The van der Waals surface area contributed by atoms with Crippen molar-refractivity contribution in [1.29, 1.82) is 0 Å². The van der Waals surface area contributed by atoms with Gasteiger partial charge in [-0.1, -0.05) is 84.9 Å². The van der Waals surface area contributed by atoms with E-state index in [0.29, 0.717) is 0 Å². The standard InChI is InChI=1S/C37H21N3O/c1-2-12-28-23(9-1)26-18-19-27-24-10-3-6-14-31(24)39(22-17-20-34-29(21-22)25-11-4-8-16-33(25)41-34)35(27)36(26)40-32-15-7-5-13-30(32)38-37(28)40/h1-21H. The van der Waals surface area contributed by atoms with Crippen LogP contribution in [0.2, 0.25) is 0 Å². The second-order valence-corrected chi connectivity index (χ2v) is 10.8. The van der Waals surface area contributed by atoms with Crippen LogP contribution in [0.4, 0.5) is 0 Å². The molecule has 0 aliphatic heterocycles. The minimum atomic E-state index is 0.898. The summed E-state index contributed by atoms with van der Waals surface area (Å²) in [5.41, 5.74) is 9.51. The Hall–Kier alpha value is -5.61. The largest absolute Gasteiger partial charge is 0.456 e. The molecule has 4 nitrogen and oxygen atoms in total. The van der Waals surface area contributed by atoms with Crippen molar-refractivity contribution < 1.29 is 4.42 Å². The molecule has 0 aliphatic rings. The highest BCUT2D eigenvalue weighted by molar-refractivity contribution is 6.24. The fraction of sp³-hybridized carbons (Fsp3) is 0. The highest BCUT2D eigenvalue weighted by atomic mass is 16.3. The van der Waals surface area contributed by atoms with E-state index >= 15 is 0 Å². The summed E-state index contributed by atoms with van der Waals surface area (Å²) in [5.74, 6) is 0. The molecule has 0 unspecified atom stereocenters. The fourth-order valence-corrected chi connectivity index (χ4v) is 6.95. The van der Waals surface area contributed by atoms with Gasteiger partial charge in [0.1, 0.15) is 16.8 Å². The topological polar surface area (TPSA) is 35.4 Å². The average Bonchev–Trinajstić information content (AvgIpc) is 3.70. The van der Waals surface area contributed by atoms with Gasteiger partial charge in [-0.05, 0) is 47.9 Å². The van der Waals surface area contributed by atoms with Crippen molar-refractivity contribution >= 4 is 82.1 Å². The molecule has 6 aromatic carbocycles.